The number of rotatable bonds is 3. The third-order valence-corrected chi connectivity index (χ3v) is 8.58. The van der Waals surface area contributed by atoms with Crippen LogP contribution >= 0.6 is 0 Å². The van der Waals surface area contributed by atoms with Crippen LogP contribution in [0.3, 0.4) is 0 Å². The number of carbonyl (C=O) groups excluding carboxylic acids is 2. The molecule has 6 rings (SSSR count). The Kier molecular flexibility index (Phi) is 4.55. The molecule has 2 unspecified atom stereocenters. The minimum atomic E-state index is -0.334. The minimum Gasteiger partial charge on any atom is -0.465 e. The standard InChI is InChI=1S/C27H29N2O4/c1-27-15-23-24(25(30)21(27)17-29(27)11-13-33-14-12-29)20-5-3-4-6-22(20)28(23)16-18-7-9-19(10-8-18)26(31)32-2/h3-10,21H,11-17H2,1-2H3/q+1. The van der Waals surface area contributed by atoms with Crippen LogP contribution in [0, 0.1) is 5.92 Å². The summed E-state index contributed by atoms with van der Waals surface area (Å²) in [6.07, 6.45) is 0.896. The summed E-state index contributed by atoms with van der Waals surface area (Å²) in [4.78, 5) is 25.7. The number of benzene rings is 2. The second-order valence-corrected chi connectivity index (χ2v) is 9.95. The molecule has 3 aromatic rings. The van der Waals surface area contributed by atoms with Crippen molar-refractivity contribution in [2.45, 2.75) is 25.4 Å². The van der Waals surface area contributed by atoms with Gasteiger partial charge in [0.05, 0.1) is 32.4 Å². The molecule has 3 heterocycles. The highest BCUT2D eigenvalue weighted by atomic mass is 16.5. The zero-order valence-electron chi connectivity index (χ0n) is 19.2. The molecule has 2 fully saturated rings. The number of aromatic nitrogens is 1. The lowest BCUT2D eigenvalue weighted by Gasteiger charge is -2.66. The highest BCUT2D eigenvalue weighted by Crippen LogP contribution is 2.53. The lowest BCUT2D eigenvalue weighted by atomic mass is 9.62. The molecule has 170 valence electrons. The molecule has 2 saturated heterocycles. The summed E-state index contributed by atoms with van der Waals surface area (Å²) in [5, 5.41) is 1.06. The van der Waals surface area contributed by atoms with E-state index in [1.165, 1.54) is 7.11 Å². The monoisotopic (exact) mass is 445 g/mol. The number of ether oxygens (including phenoxy) is 2. The summed E-state index contributed by atoms with van der Waals surface area (Å²) in [6, 6.07) is 15.8. The van der Waals surface area contributed by atoms with Crippen molar-refractivity contribution >= 4 is 22.7 Å². The van der Waals surface area contributed by atoms with Crippen LogP contribution < -0.4 is 0 Å². The van der Waals surface area contributed by atoms with Gasteiger partial charge in [-0.05, 0) is 30.7 Å². The molecule has 2 aliphatic heterocycles. The molecule has 0 saturated carbocycles. The van der Waals surface area contributed by atoms with Crippen molar-refractivity contribution < 1.29 is 23.5 Å². The molecular formula is C27H29N2O4+. The molecule has 6 heteroatoms. The summed E-state index contributed by atoms with van der Waals surface area (Å²) in [5.41, 5.74) is 4.74. The van der Waals surface area contributed by atoms with Crippen molar-refractivity contribution in [2.75, 3.05) is 40.0 Å². The molecule has 0 radical (unpaired) electrons. The normalized spacial score (nSPS) is 25.4. The van der Waals surface area contributed by atoms with Crippen LogP contribution in [0.5, 0.6) is 0 Å². The number of esters is 1. The van der Waals surface area contributed by atoms with E-state index >= 15 is 0 Å². The van der Waals surface area contributed by atoms with E-state index in [0.29, 0.717) is 17.9 Å². The molecule has 6 nitrogen and oxygen atoms in total. The van der Waals surface area contributed by atoms with Crippen molar-refractivity contribution in [1.29, 1.82) is 0 Å². The first kappa shape index (κ1) is 20.6. The van der Waals surface area contributed by atoms with Crippen LogP contribution in [-0.4, -0.2) is 66.3 Å². The van der Waals surface area contributed by atoms with E-state index in [-0.39, 0.29) is 17.4 Å². The number of quaternary nitrogens is 1. The van der Waals surface area contributed by atoms with Crippen molar-refractivity contribution in [3.8, 4) is 0 Å². The number of Topliss-reactive ketones (excluding diaryl/α,β-unsaturated/α-hetero) is 1. The Morgan fingerprint density at radius 1 is 1.15 bits per heavy atom. The smallest absolute Gasteiger partial charge is 0.337 e. The number of morpholine rings is 1. The molecule has 2 aromatic carbocycles. The SMILES string of the molecule is COC(=O)c1ccc(Cn2c3c(c4ccccc42)C(=O)C2C[N+]4(CCOCC4)C2(C)C3)cc1. The van der Waals surface area contributed by atoms with Gasteiger partial charge in [0.1, 0.15) is 24.5 Å². The fourth-order valence-electron chi connectivity index (χ4n) is 6.57. The van der Waals surface area contributed by atoms with Gasteiger partial charge in [-0.1, -0.05) is 30.3 Å². The number of para-hydroxylation sites is 1. The molecule has 0 amide bonds. The fourth-order valence-corrected chi connectivity index (χ4v) is 6.57. The second kappa shape index (κ2) is 7.27. The summed E-state index contributed by atoms with van der Waals surface area (Å²) in [5.74, 6) is 0.0612. The van der Waals surface area contributed by atoms with Crippen molar-refractivity contribution in [2.24, 2.45) is 5.92 Å². The highest BCUT2D eigenvalue weighted by Gasteiger charge is 2.68. The van der Waals surface area contributed by atoms with E-state index < -0.39 is 0 Å². The molecule has 1 spiro atoms. The topological polar surface area (TPSA) is 57.5 Å². The Labute approximate surface area is 193 Å². The Balaban J connectivity index is 1.44. The number of fused-ring (bicyclic) bond motifs is 5. The number of methoxy groups -OCH3 is 1. The van der Waals surface area contributed by atoms with Crippen LogP contribution in [0.4, 0.5) is 0 Å². The Hall–Kier alpha value is -2.96. The van der Waals surface area contributed by atoms with E-state index in [2.05, 4.69) is 23.6 Å². The van der Waals surface area contributed by atoms with Gasteiger partial charge in [0.15, 0.2) is 5.78 Å². The minimum absolute atomic E-state index is 0.0747. The predicted molar refractivity (Wildman–Crippen MR) is 124 cm³/mol. The van der Waals surface area contributed by atoms with E-state index in [0.717, 1.165) is 71.5 Å². The highest BCUT2D eigenvalue weighted by molar-refractivity contribution is 6.12. The molecule has 0 bridgehead atoms. The van der Waals surface area contributed by atoms with Gasteiger partial charge in [0.2, 0.25) is 0 Å². The van der Waals surface area contributed by atoms with Crippen molar-refractivity contribution in [3.05, 3.63) is 70.9 Å². The molecule has 0 N–H and O–H groups in total. The molecule has 3 aliphatic rings. The van der Waals surface area contributed by atoms with Gasteiger partial charge < -0.3 is 18.5 Å². The van der Waals surface area contributed by atoms with Gasteiger partial charge in [-0.25, -0.2) is 4.79 Å². The molecule has 1 aliphatic carbocycles. The fraction of sp³-hybridized carbons (Fsp3) is 0.407. The van der Waals surface area contributed by atoms with Gasteiger partial charge >= 0.3 is 5.97 Å². The average molecular weight is 446 g/mol. The van der Waals surface area contributed by atoms with Crippen LogP contribution in [0.1, 0.15) is 38.9 Å². The van der Waals surface area contributed by atoms with Gasteiger partial charge in [-0.15, -0.1) is 0 Å². The van der Waals surface area contributed by atoms with Crippen molar-refractivity contribution in [1.82, 2.24) is 4.57 Å². The molecular weight excluding hydrogens is 416 g/mol. The zero-order chi connectivity index (χ0) is 22.8. The summed E-state index contributed by atoms with van der Waals surface area (Å²) in [6.45, 7) is 7.45. The predicted octanol–water partition coefficient (Wildman–Crippen LogP) is 3.45. The third kappa shape index (κ3) is 2.80. The Bertz CT molecular complexity index is 1270. The quantitative estimate of drug-likeness (QED) is 0.458. The molecule has 2 atom stereocenters. The first-order valence-electron chi connectivity index (χ1n) is 11.7. The first-order valence-corrected chi connectivity index (χ1v) is 11.7. The number of nitrogens with zero attached hydrogens (tertiary/aromatic N) is 2. The molecule has 1 aromatic heterocycles. The van der Waals surface area contributed by atoms with Crippen LogP contribution in [-0.2, 0) is 22.4 Å². The van der Waals surface area contributed by atoms with Gasteiger partial charge in [-0.3, -0.25) is 4.79 Å². The summed E-state index contributed by atoms with van der Waals surface area (Å²) < 4.78 is 13.8. The van der Waals surface area contributed by atoms with Crippen molar-refractivity contribution in [3.63, 3.8) is 0 Å². The lowest BCUT2D eigenvalue weighted by molar-refractivity contribution is -1.03. The van der Waals surface area contributed by atoms with Gasteiger partial charge in [0, 0.05) is 35.1 Å². The van der Waals surface area contributed by atoms with Crippen LogP contribution in [0.25, 0.3) is 10.9 Å². The second-order valence-electron chi connectivity index (χ2n) is 9.95. The maximum Gasteiger partial charge on any atom is 0.337 e. The zero-order valence-corrected chi connectivity index (χ0v) is 19.2. The average Bonchev–Trinajstić information content (AvgIpc) is 3.15. The van der Waals surface area contributed by atoms with E-state index in [1.807, 2.05) is 36.4 Å². The van der Waals surface area contributed by atoms with E-state index in [1.54, 1.807) is 0 Å². The maximum absolute atomic E-state index is 13.8. The molecule has 33 heavy (non-hydrogen) atoms. The number of hydrogen-bond donors (Lipinski definition) is 0. The third-order valence-electron chi connectivity index (χ3n) is 8.58. The summed E-state index contributed by atoms with van der Waals surface area (Å²) >= 11 is 0. The lowest BCUT2D eigenvalue weighted by Crippen LogP contribution is -2.83. The number of hydrogen-bond acceptors (Lipinski definition) is 4. The largest absolute Gasteiger partial charge is 0.465 e. The van der Waals surface area contributed by atoms with Gasteiger partial charge in [0.25, 0.3) is 0 Å². The van der Waals surface area contributed by atoms with E-state index in [9.17, 15) is 9.59 Å². The Morgan fingerprint density at radius 2 is 1.88 bits per heavy atom. The van der Waals surface area contributed by atoms with Crippen LogP contribution in [0.15, 0.2) is 48.5 Å². The number of carbonyl (C=O) groups is 2. The number of ketones is 1. The maximum atomic E-state index is 13.8. The first-order chi connectivity index (χ1) is 16.0. The van der Waals surface area contributed by atoms with E-state index in [4.69, 9.17) is 9.47 Å². The Morgan fingerprint density at radius 3 is 2.61 bits per heavy atom. The van der Waals surface area contributed by atoms with Crippen LogP contribution in [0.2, 0.25) is 0 Å². The summed E-state index contributed by atoms with van der Waals surface area (Å²) in [7, 11) is 1.39. The van der Waals surface area contributed by atoms with Gasteiger partial charge in [-0.2, -0.15) is 0 Å².